The lowest BCUT2D eigenvalue weighted by Crippen LogP contribution is -2.14. The van der Waals surface area contributed by atoms with Gasteiger partial charge in [0, 0.05) is 6.04 Å². The summed E-state index contributed by atoms with van der Waals surface area (Å²) in [7, 11) is 0. The Kier molecular flexibility index (Phi) is 4.30. The number of hydrogen-bond acceptors (Lipinski definition) is 2. The van der Waals surface area contributed by atoms with Crippen LogP contribution in [0.5, 0.6) is 5.75 Å². The van der Waals surface area contributed by atoms with Crippen molar-refractivity contribution in [2.24, 2.45) is 0 Å². The molecule has 0 aliphatic heterocycles. The second-order valence-corrected chi connectivity index (χ2v) is 3.38. The summed E-state index contributed by atoms with van der Waals surface area (Å²) in [6, 6.07) is 8.54. The third kappa shape index (κ3) is 2.95. The maximum Gasteiger partial charge on any atom is 0.142 e. The van der Waals surface area contributed by atoms with Gasteiger partial charge >= 0.3 is 0 Å². The first-order chi connectivity index (χ1) is 6.77. The van der Waals surface area contributed by atoms with E-state index in [4.69, 9.17) is 4.74 Å². The average Bonchev–Trinajstić information content (AvgIpc) is 2.21. The van der Waals surface area contributed by atoms with Gasteiger partial charge in [0.2, 0.25) is 0 Å². The predicted molar refractivity (Wildman–Crippen MR) is 61.0 cm³/mol. The molecule has 0 unspecified atom stereocenters. The summed E-state index contributed by atoms with van der Waals surface area (Å²) < 4.78 is 5.52. The van der Waals surface area contributed by atoms with Gasteiger partial charge in [0.1, 0.15) is 5.75 Å². The fourth-order valence-electron chi connectivity index (χ4n) is 1.23. The van der Waals surface area contributed by atoms with Crippen molar-refractivity contribution >= 4 is 5.69 Å². The van der Waals surface area contributed by atoms with Gasteiger partial charge < -0.3 is 10.1 Å². The van der Waals surface area contributed by atoms with E-state index in [0.29, 0.717) is 12.6 Å². The van der Waals surface area contributed by atoms with E-state index in [1.54, 1.807) is 0 Å². The summed E-state index contributed by atoms with van der Waals surface area (Å²) in [5.74, 6) is 0.940. The summed E-state index contributed by atoms with van der Waals surface area (Å²) >= 11 is 0. The molecule has 0 saturated heterocycles. The molecule has 1 aromatic rings. The van der Waals surface area contributed by atoms with E-state index in [2.05, 4.69) is 25.2 Å². The van der Waals surface area contributed by atoms with Crippen LogP contribution in [0.4, 0.5) is 5.69 Å². The highest BCUT2D eigenvalue weighted by molar-refractivity contribution is 5.56. The monoisotopic (exact) mass is 193 g/mol. The van der Waals surface area contributed by atoms with Crippen LogP contribution in [-0.2, 0) is 0 Å². The van der Waals surface area contributed by atoms with E-state index in [0.717, 1.165) is 17.9 Å². The van der Waals surface area contributed by atoms with E-state index < -0.39 is 0 Å². The van der Waals surface area contributed by atoms with Gasteiger partial charge in [-0.3, -0.25) is 0 Å². The van der Waals surface area contributed by atoms with E-state index in [-0.39, 0.29) is 0 Å². The molecule has 1 atom stereocenters. The minimum Gasteiger partial charge on any atom is -0.492 e. The summed E-state index contributed by atoms with van der Waals surface area (Å²) in [4.78, 5) is 0. The van der Waals surface area contributed by atoms with Gasteiger partial charge in [-0.25, -0.2) is 0 Å². The van der Waals surface area contributed by atoms with E-state index in [9.17, 15) is 0 Å². The molecular weight excluding hydrogens is 174 g/mol. The molecule has 0 radical (unpaired) electrons. The second-order valence-electron chi connectivity index (χ2n) is 3.38. The highest BCUT2D eigenvalue weighted by Crippen LogP contribution is 2.24. The molecule has 2 heteroatoms. The first kappa shape index (κ1) is 10.9. The van der Waals surface area contributed by atoms with Gasteiger partial charge in [0.15, 0.2) is 0 Å². The number of hydrogen-bond donors (Lipinski definition) is 1. The number of anilines is 1. The van der Waals surface area contributed by atoms with Crippen LogP contribution < -0.4 is 10.1 Å². The van der Waals surface area contributed by atoms with Crippen molar-refractivity contribution < 1.29 is 4.74 Å². The van der Waals surface area contributed by atoms with Crippen molar-refractivity contribution in [3.8, 4) is 5.75 Å². The molecule has 0 bridgehead atoms. The van der Waals surface area contributed by atoms with Gasteiger partial charge in [-0.2, -0.15) is 0 Å². The van der Waals surface area contributed by atoms with E-state index in [1.807, 2.05) is 25.1 Å². The zero-order chi connectivity index (χ0) is 10.4. The van der Waals surface area contributed by atoms with Crippen molar-refractivity contribution in [1.82, 2.24) is 0 Å². The fourth-order valence-corrected chi connectivity index (χ4v) is 1.23. The molecule has 1 aromatic carbocycles. The maximum absolute atomic E-state index is 5.52. The lowest BCUT2D eigenvalue weighted by Gasteiger charge is -2.16. The molecule has 14 heavy (non-hydrogen) atoms. The van der Waals surface area contributed by atoms with Crippen LogP contribution >= 0.6 is 0 Å². The van der Waals surface area contributed by atoms with E-state index >= 15 is 0 Å². The van der Waals surface area contributed by atoms with Gasteiger partial charge in [0.05, 0.1) is 12.3 Å². The molecule has 1 rings (SSSR count). The SMILES string of the molecule is CCOc1ccccc1N[C@H](C)CC. The number of benzene rings is 1. The molecule has 0 aliphatic rings. The quantitative estimate of drug-likeness (QED) is 0.774. The van der Waals surface area contributed by atoms with Crippen molar-refractivity contribution in [1.29, 1.82) is 0 Å². The van der Waals surface area contributed by atoms with Crippen LogP contribution in [0, 0.1) is 0 Å². The lowest BCUT2D eigenvalue weighted by atomic mass is 10.2. The van der Waals surface area contributed by atoms with Crippen molar-refractivity contribution in [2.45, 2.75) is 33.2 Å². The van der Waals surface area contributed by atoms with Crippen molar-refractivity contribution in [3.05, 3.63) is 24.3 Å². The molecule has 0 heterocycles. The second kappa shape index (κ2) is 5.53. The minimum atomic E-state index is 0.483. The number of ether oxygens (including phenoxy) is 1. The number of rotatable bonds is 5. The normalized spacial score (nSPS) is 12.2. The Morgan fingerprint density at radius 1 is 1.29 bits per heavy atom. The van der Waals surface area contributed by atoms with E-state index in [1.165, 1.54) is 0 Å². The van der Waals surface area contributed by atoms with Gasteiger partial charge in [0.25, 0.3) is 0 Å². The molecule has 78 valence electrons. The smallest absolute Gasteiger partial charge is 0.142 e. The van der Waals surface area contributed by atoms with Crippen molar-refractivity contribution in [2.75, 3.05) is 11.9 Å². The Bertz CT molecular complexity index is 273. The molecule has 0 spiro atoms. The largest absolute Gasteiger partial charge is 0.492 e. The lowest BCUT2D eigenvalue weighted by molar-refractivity contribution is 0.341. The summed E-state index contributed by atoms with van der Waals surface area (Å²) in [6.07, 6.45) is 1.11. The predicted octanol–water partition coefficient (Wildman–Crippen LogP) is 3.30. The zero-order valence-corrected chi connectivity index (χ0v) is 9.21. The Hall–Kier alpha value is -1.18. The molecule has 0 aliphatic carbocycles. The highest BCUT2D eigenvalue weighted by atomic mass is 16.5. The highest BCUT2D eigenvalue weighted by Gasteiger charge is 2.04. The first-order valence-corrected chi connectivity index (χ1v) is 5.26. The van der Waals surface area contributed by atoms with Crippen LogP contribution in [0.1, 0.15) is 27.2 Å². The summed E-state index contributed by atoms with van der Waals surface area (Å²) in [6.45, 7) is 7.04. The molecule has 0 saturated carbocycles. The third-order valence-electron chi connectivity index (χ3n) is 2.20. The molecule has 1 N–H and O–H groups in total. The van der Waals surface area contributed by atoms with Crippen LogP contribution in [0.15, 0.2) is 24.3 Å². The van der Waals surface area contributed by atoms with Crippen LogP contribution in [-0.4, -0.2) is 12.6 Å². The molecule has 0 amide bonds. The summed E-state index contributed by atoms with van der Waals surface area (Å²) in [5.41, 5.74) is 1.09. The van der Waals surface area contributed by atoms with Crippen LogP contribution in [0.2, 0.25) is 0 Å². The Morgan fingerprint density at radius 2 is 2.00 bits per heavy atom. The molecule has 2 nitrogen and oxygen atoms in total. The first-order valence-electron chi connectivity index (χ1n) is 5.26. The van der Waals surface area contributed by atoms with Gasteiger partial charge in [-0.1, -0.05) is 19.1 Å². The standard InChI is InChI=1S/C12H19NO/c1-4-10(3)13-11-8-6-7-9-12(11)14-5-2/h6-10,13H,4-5H2,1-3H3/t10-/m1/s1. The van der Waals surface area contributed by atoms with Crippen LogP contribution in [0.3, 0.4) is 0 Å². The van der Waals surface area contributed by atoms with Crippen molar-refractivity contribution in [3.63, 3.8) is 0 Å². The molecule has 0 fully saturated rings. The third-order valence-corrected chi connectivity index (χ3v) is 2.20. The van der Waals surface area contributed by atoms with Gasteiger partial charge in [-0.05, 0) is 32.4 Å². The fraction of sp³-hybridized carbons (Fsp3) is 0.500. The zero-order valence-electron chi connectivity index (χ0n) is 9.21. The Balaban J connectivity index is 2.73. The minimum absolute atomic E-state index is 0.483. The molecule has 0 aromatic heterocycles. The number of para-hydroxylation sites is 2. The topological polar surface area (TPSA) is 21.3 Å². The Morgan fingerprint density at radius 3 is 2.64 bits per heavy atom. The average molecular weight is 193 g/mol. The summed E-state index contributed by atoms with van der Waals surface area (Å²) in [5, 5.41) is 3.42. The van der Waals surface area contributed by atoms with Gasteiger partial charge in [-0.15, -0.1) is 0 Å². The number of nitrogens with one attached hydrogen (secondary N) is 1. The molecular formula is C12H19NO. The maximum atomic E-state index is 5.52. The van der Waals surface area contributed by atoms with Crippen LogP contribution in [0.25, 0.3) is 0 Å². The Labute approximate surface area is 86.3 Å².